The molecule has 0 N–H and O–H groups in total. The lowest BCUT2D eigenvalue weighted by Crippen LogP contribution is -2.50. The van der Waals surface area contributed by atoms with Crippen molar-refractivity contribution < 1.29 is 23.2 Å². The minimum absolute atomic E-state index is 0.308. The first kappa shape index (κ1) is 17.1. The fourth-order valence-corrected chi connectivity index (χ4v) is 2.46. The van der Waals surface area contributed by atoms with Crippen LogP contribution in [-0.4, -0.2) is 74.4 Å². The topological polar surface area (TPSA) is 95.5 Å². The Morgan fingerprint density at radius 1 is 1.17 bits per heavy atom. The molecule has 0 atom stereocenters. The number of rotatable bonds is 7. The summed E-state index contributed by atoms with van der Waals surface area (Å²) in [5.41, 5.74) is 7.72. The first-order valence-corrected chi connectivity index (χ1v) is 6.60. The predicted octanol–water partition coefficient (Wildman–Crippen LogP) is 0.119. The monoisotopic (exact) mass is 278 g/mol. The van der Waals surface area contributed by atoms with Crippen LogP contribution >= 0.6 is 7.60 Å². The molecule has 0 amide bonds. The van der Waals surface area contributed by atoms with Gasteiger partial charge in [-0.15, -0.1) is 0 Å². The Kier molecular flexibility index (Phi) is 6.56. The minimum atomic E-state index is -3.96. The van der Waals surface area contributed by atoms with Crippen LogP contribution < -0.4 is 0 Å². The van der Waals surface area contributed by atoms with Gasteiger partial charge in [-0.2, -0.15) is 4.79 Å². The van der Waals surface area contributed by atoms with Crippen molar-refractivity contribution in [1.82, 2.24) is 9.80 Å². The standard InChI is InChI=1S/C9H19N4O4P/c1-12(2)8(13(3)4)7(11-10)9(14)18(15,16-5)17-6/h8H,1-6H3. The van der Waals surface area contributed by atoms with Crippen LogP contribution in [0.3, 0.4) is 0 Å². The van der Waals surface area contributed by atoms with Gasteiger partial charge in [0, 0.05) is 14.2 Å². The van der Waals surface area contributed by atoms with E-state index in [1.54, 1.807) is 38.0 Å². The molecule has 0 aromatic rings. The maximum atomic E-state index is 12.1. The Hall–Kier alpha value is -0.880. The number of nitrogens with zero attached hydrogens (tertiary/aromatic N) is 4. The fraction of sp³-hybridized carbons (Fsp3) is 0.778. The van der Waals surface area contributed by atoms with Crippen molar-refractivity contribution in [3.8, 4) is 0 Å². The molecule has 0 spiro atoms. The summed E-state index contributed by atoms with van der Waals surface area (Å²) in [7, 11) is 4.98. The normalized spacial score (nSPS) is 12.1. The zero-order chi connectivity index (χ0) is 14.5. The molecule has 0 unspecified atom stereocenters. The van der Waals surface area contributed by atoms with Crippen molar-refractivity contribution >= 4 is 18.8 Å². The molecule has 0 radical (unpaired) electrons. The fourth-order valence-electron chi connectivity index (χ4n) is 1.54. The number of carbonyl (C=O) groups is 1. The van der Waals surface area contributed by atoms with Gasteiger partial charge in [0.05, 0.1) is 0 Å². The van der Waals surface area contributed by atoms with Crippen LogP contribution in [0.15, 0.2) is 0 Å². The van der Waals surface area contributed by atoms with Crippen LogP contribution in [0.4, 0.5) is 0 Å². The molecule has 0 aromatic carbocycles. The third kappa shape index (κ3) is 3.55. The first-order chi connectivity index (χ1) is 8.25. The Morgan fingerprint density at radius 2 is 1.56 bits per heavy atom. The first-order valence-electron chi connectivity index (χ1n) is 5.06. The zero-order valence-electron chi connectivity index (χ0n) is 11.4. The summed E-state index contributed by atoms with van der Waals surface area (Å²) in [5.74, 6) is 0. The van der Waals surface area contributed by atoms with Crippen LogP contribution in [0.1, 0.15) is 0 Å². The highest BCUT2D eigenvalue weighted by Crippen LogP contribution is 2.47. The van der Waals surface area contributed by atoms with Gasteiger partial charge in [0.25, 0.3) is 0 Å². The average Bonchev–Trinajstić information content (AvgIpc) is 2.32. The Balaban J connectivity index is 5.55. The summed E-state index contributed by atoms with van der Waals surface area (Å²) in [5, 5.41) is 0. The van der Waals surface area contributed by atoms with Gasteiger partial charge in [0.15, 0.2) is 6.17 Å². The summed E-state index contributed by atoms with van der Waals surface area (Å²) in [6.45, 7) is 0. The van der Waals surface area contributed by atoms with Gasteiger partial charge in [-0.3, -0.25) is 19.2 Å². The molecule has 0 aromatic heterocycles. The molecule has 0 aliphatic carbocycles. The van der Waals surface area contributed by atoms with Crippen LogP contribution in [0.5, 0.6) is 0 Å². The van der Waals surface area contributed by atoms with Crippen molar-refractivity contribution in [1.29, 1.82) is 0 Å². The van der Waals surface area contributed by atoms with E-state index >= 15 is 0 Å². The lowest BCUT2D eigenvalue weighted by Gasteiger charge is -2.26. The molecule has 0 heterocycles. The van der Waals surface area contributed by atoms with Crippen molar-refractivity contribution in [3.63, 3.8) is 0 Å². The summed E-state index contributed by atoms with van der Waals surface area (Å²) in [6, 6.07) is 0. The number of carbonyl (C=O) groups excluding carboxylic acids is 1. The van der Waals surface area contributed by atoms with Crippen molar-refractivity contribution in [2.45, 2.75) is 6.17 Å². The molecule has 0 rings (SSSR count). The maximum Gasteiger partial charge on any atom is 0.408 e. The highest BCUT2D eigenvalue weighted by atomic mass is 31.2. The molecule has 0 saturated heterocycles. The third-order valence-corrected chi connectivity index (χ3v) is 3.97. The maximum absolute atomic E-state index is 12.1. The van der Waals surface area contributed by atoms with E-state index < -0.39 is 19.3 Å². The quantitative estimate of drug-likeness (QED) is 0.216. The van der Waals surface area contributed by atoms with E-state index in [4.69, 9.17) is 5.53 Å². The zero-order valence-corrected chi connectivity index (χ0v) is 12.3. The van der Waals surface area contributed by atoms with E-state index in [1.807, 2.05) is 0 Å². The van der Waals surface area contributed by atoms with Gasteiger partial charge in [-0.1, -0.05) is 0 Å². The second-order valence-corrected chi connectivity index (χ2v) is 6.09. The summed E-state index contributed by atoms with van der Waals surface area (Å²) < 4.78 is 21.2. The Labute approximate surface area is 107 Å². The van der Waals surface area contributed by atoms with Gasteiger partial charge >= 0.3 is 18.8 Å². The summed E-state index contributed by atoms with van der Waals surface area (Å²) in [4.78, 5) is 18.3. The average molecular weight is 278 g/mol. The Morgan fingerprint density at radius 3 is 1.78 bits per heavy atom. The van der Waals surface area contributed by atoms with Crippen LogP contribution in [0, 0.1) is 0 Å². The molecule has 8 nitrogen and oxygen atoms in total. The van der Waals surface area contributed by atoms with E-state index in [-0.39, 0.29) is 5.71 Å². The predicted molar refractivity (Wildman–Crippen MR) is 66.4 cm³/mol. The number of hydrogen-bond acceptors (Lipinski definition) is 6. The highest BCUT2D eigenvalue weighted by molar-refractivity contribution is 7.74. The molecule has 18 heavy (non-hydrogen) atoms. The van der Waals surface area contributed by atoms with Gasteiger partial charge < -0.3 is 14.6 Å². The minimum Gasteiger partial charge on any atom is -0.361 e. The van der Waals surface area contributed by atoms with Crippen molar-refractivity contribution in [2.75, 3.05) is 42.4 Å². The van der Waals surface area contributed by atoms with Gasteiger partial charge in [0.1, 0.15) is 0 Å². The molecular weight excluding hydrogens is 259 g/mol. The molecule has 0 fully saturated rings. The molecule has 104 valence electrons. The van der Waals surface area contributed by atoms with Gasteiger partial charge in [0.2, 0.25) is 0 Å². The van der Waals surface area contributed by atoms with E-state index in [0.717, 1.165) is 14.2 Å². The van der Waals surface area contributed by atoms with E-state index in [1.165, 1.54) is 0 Å². The van der Waals surface area contributed by atoms with Crippen LogP contribution in [0.25, 0.3) is 5.53 Å². The number of hydrogen-bond donors (Lipinski definition) is 0. The third-order valence-electron chi connectivity index (χ3n) is 2.28. The van der Waals surface area contributed by atoms with E-state index in [2.05, 4.69) is 13.8 Å². The van der Waals surface area contributed by atoms with Gasteiger partial charge in [-0.05, 0) is 28.2 Å². The molecule has 0 saturated carbocycles. The van der Waals surface area contributed by atoms with E-state index in [0.29, 0.717) is 0 Å². The molecule has 0 aliphatic heterocycles. The largest absolute Gasteiger partial charge is 0.408 e. The smallest absolute Gasteiger partial charge is 0.361 e. The van der Waals surface area contributed by atoms with Crippen LogP contribution in [0.2, 0.25) is 0 Å². The summed E-state index contributed by atoms with van der Waals surface area (Å²) >= 11 is 0. The molecule has 0 bridgehead atoms. The second-order valence-electron chi connectivity index (χ2n) is 3.95. The van der Waals surface area contributed by atoms with Crippen molar-refractivity contribution in [3.05, 3.63) is 5.53 Å². The summed E-state index contributed by atoms with van der Waals surface area (Å²) in [6.07, 6.45) is -0.652. The van der Waals surface area contributed by atoms with Crippen LogP contribution in [-0.2, 0) is 18.4 Å². The molecular formula is C9H19N4O4P. The lowest BCUT2D eigenvalue weighted by molar-refractivity contribution is -0.114. The SMILES string of the molecule is COP(=O)(OC)C(=O)C(=[N+]=[N-])C(N(C)C)N(C)C. The van der Waals surface area contributed by atoms with Crippen molar-refractivity contribution in [2.24, 2.45) is 0 Å². The Bertz CT molecular complexity index is 387. The molecule has 9 heteroatoms. The molecule has 0 aliphatic rings. The lowest BCUT2D eigenvalue weighted by atomic mass is 10.3. The van der Waals surface area contributed by atoms with Gasteiger partial charge in [-0.25, -0.2) is 0 Å². The second kappa shape index (κ2) is 6.89. The highest BCUT2D eigenvalue weighted by Gasteiger charge is 2.46. The van der Waals surface area contributed by atoms with E-state index in [9.17, 15) is 9.36 Å².